The summed E-state index contributed by atoms with van der Waals surface area (Å²) in [6.45, 7) is 3.72. The Labute approximate surface area is 137 Å². The number of rotatable bonds is 2. The first kappa shape index (κ1) is 15.3. The van der Waals surface area contributed by atoms with Crippen LogP contribution in [-0.4, -0.2) is 5.91 Å². The van der Waals surface area contributed by atoms with E-state index >= 15 is 0 Å². The smallest absolute Gasteiger partial charge is 0.349 e. The Morgan fingerprint density at radius 1 is 1.09 bits per heavy atom. The van der Waals surface area contributed by atoms with E-state index in [0.717, 1.165) is 11.1 Å². The predicted molar refractivity (Wildman–Crippen MR) is 91.4 cm³/mol. The second kappa shape index (κ2) is 5.89. The molecule has 1 heterocycles. The van der Waals surface area contributed by atoms with Crippen LogP contribution in [0.15, 0.2) is 51.7 Å². The van der Waals surface area contributed by atoms with Gasteiger partial charge in [-0.3, -0.25) is 4.79 Å². The first-order chi connectivity index (χ1) is 11.0. The number of benzene rings is 2. The number of aryl methyl sites for hydroxylation is 2. The van der Waals surface area contributed by atoms with Crippen molar-refractivity contribution in [2.75, 3.05) is 5.32 Å². The minimum Gasteiger partial charge on any atom is -0.422 e. The van der Waals surface area contributed by atoms with Crippen LogP contribution in [0, 0.1) is 13.8 Å². The van der Waals surface area contributed by atoms with Crippen LogP contribution in [0.2, 0.25) is 5.02 Å². The molecule has 116 valence electrons. The number of carbonyl (C=O) groups excluding carboxylic acids is 1. The summed E-state index contributed by atoms with van der Waals surface area (Å²) in [5.41, 5.74) is 2.06. The summed E-state index contributed by atoms with van der Waals surface area (Å²) in [7, 11) is 0. The maximum absolute atomic E-state index is 12.3. The van der Waals surface area contributed by atoms with Gasteiger partial charge in [0.25, 0.3) is 5.91 Å². The average molecular weight is 328 g/mol. The fraction of sp³-hybridized carbons (Fsp3) is 0.111. The number of anilines is 1. The molecular formula is C18H14ClNO3. The maximum Gasteiger partial charge on any atom is 0.349 e. The molecule has 0 aliphatic carbocycles. The first-order valence-corrected chi connectivity index (χ1v) is 7.44. The van der Waals surface area contributed by atoms with Crippen molar-refractivity contribution in [2.24, 2.45) is 0 Å². The van der Waals surface area contributed by atoms with Crippen molar-refractivity contribution in [1.82, 2.24) is 0 Å². The van der Waals surface area contributed by atoms with E-state index in [-0.39, 0.29) is 5.56 Å². The number of hydrogen-bond acceptors (Lipinski definition) is 3. The summed E-state index contributed by atoms with van der Waals surface area (Å²) >= 11 is 6.04. The zero-order valence-corrected chi connectivity index (χ0v) is 13.4. The molecule has 0 fully saturated rings. The molecule has 0 bridgehead atoms. The largest absolute Gasteiger partial charge is 0.422 e. The van der Waals surface area contributed by atoms with E-state index in [2.05, 4.69) is 5.32 Å². The van der Waals surface area contributed by atoms with Crippen molar-refractivity contribution in [3.8, 4) is 0 Å². The molecule has 2 aromatic carbocycles. The molecule has 0 atom stereocenters. The fourth-order valence-corrected chi connectivity index (χ4v) is 2.50. The van der Waals surface area contributed by atoms with Crippen LogP contribution in [0.1, 0.15) is 21.5 Å². The summed E-state index contributed by atoms with van der Waals surface area (Å²) in [6.07, 6.45) is 0. The molecule has 0 spiro atoms. The van der Waals surface area contributed by atoms with Crippen LogP contribution in [0.4, 0.5) is 5.69 Å². The molecule has 0 aliphatic rings. The lowest BCUT2D eigenvalue weighted by Gasteiger charge is -2.07. The van der Waals surface area contributed by atoms with Gasteiger partial charge in [-0.25, -0.2) is 4.79 Å². The van der Waals surface area contributed by atoms with Gasteiger partial charge in [0.1, 0.15) is 11.1 Å². The molecule has 1 aromatic heterocycles. The number of para-hydroxylation sites is 1. The molecule has 3 rings (SSSR count). The molecule has 23 heavy (non-hydrogen) atoms. The van der Waals surface area contributed by atoms with E-state index in [1.54, 1.807) is 30.3 Å². The fourth-order valence-electron chi connectivity index (χ4n) is 2.32. The highest BCUT2D eigenvalue weighted by Crippen LogP contribution is 2.21. The molecule has 0 saturated heterocycles. The number of fused-ring (bicyclic) bond motifs is 1. The van der Waals surface area contributed by atoms with Crippen molar-refractivity contribution in [3.05, 3.63) is 74.6 Å². The third-order valence-electron chi connectivity index (χ3n) is 3.63. The summed E-state index contributed by atoms with van der Waals surface area (Å²) < 4.78 is 5.28. The van der Waals surface area contributed by atoms with Crippen molar-refractivity contribution >= 4 is 34.2 Å². The molecule has 4 nitrogen and oxygen atoms in total. The second-order valence-electron chi connectivity index (χ2n) is 5.36. The van der Waals surface area contributed by atoms with Crippen LogP contribution in [0.5, 0.6) is 0 Å². The summed E-state index contributed by atoms with van der Waals surface area (Å²) in [5, 5.41) is 3.91. The van der Waals surface area contributed by atoms with Crippen LogP contribution in [0.3, 0.4) is 0 Å². The van der Waals surface area contributed by atoms with Crippen molar-refractivity contribution in [2.45, 2.75) is 13.8 Å². The lowest BCUT2D eigenvalue weighted by atomic mass is 10.1. The zero-order valence-electron chi connectivity index (χ0n) is 12.6. The Bertz CT molecular complexity index is 976. The van der Waals surface area contributed by atoms with E-state index < -0.39 is 11.5 Å². The number of nitrogens with one attached hydrogen (secondary N) is 1. The summed E-state index contributed by atoms with van der Waals surface area (Å²) in [5.74, 6) is -0.526. The van der Waals surface area contributed by atoms with Gasteiger partial charge in [0.15, 0.2) is 0 Å². The van der Waals surface area contributed by atoms with Crippen molar-refractivity contribution < 1.29 is 9.21 Å². The normalized spacial score (nSPS) is 10.7. The maximum atomic E-state index is 12.3. The van der Waals surface area contributed by atoms with Gasteiger partial charge in [-0.15, -0.1) is 0 Å². The first-order valence-electron chi connectivity index (χ1n) is 7.06. The number of hydrogen-bond donors (Lipinski definition) is 1. The summed E-state index contributed by atoms with van der Waals surface area (Å²) in [6, 6.07) is 12.2. The Hall–Kier alpha value is -2.59. The van der Waals surface area contributed by atoms with Gasteiger partial charge in [0, 0.05) is 16.1 Å². The third kappa shape index (κ3) is 2.98. The topological polar surface area (TPSA) is 59.3 Å². The minimum absolute atomic E-state index is 0.0419. The Morgan fingerprint density at radius 3 is 2.61 bits per heavy atom. The Kier molecular flexibility index (Phi) is 3.92. The van der Waals surface area contributed by atoms with Gasteiger partial charge in [0.05, 0.1) is 0 Å². The van der Waals surface area contributed by atoms with E-state index in [1.807, 2.05) is 26.0 Å². The molecule has 0 aliphatic heterocycles. The van der Waals surface area contributed by atoms with Gasteiger partial charge < -0.3 is 9.73 Å². The zero-order chi connectivity index (χ0) is 16.6. The number of amides is 1. The lowest BCUT2D eigenvalue weighted by Crippen LogP contribution is -2.20. The molecule has 1 amide bonds. The standard InChI is InChI=1S/C18H14ClNO3/c1-10-6-7-13(9-15(10)19)20-17(21)14-8-12-5-3-4-11(2)16(12)23-18(14)22/h3-9H,1-2H3,(H,20,21). The molecule has 0 radical (unpaired) electrons. The number of halogens is 1. The lowest BCUT2D eigenvalue weighted by molar-refractivity contribution is 0.102. The number of carbonyl (C=O) groups is 1. The average Bonchev–Trinajstić information content (AvgIpc) is 2.51. The van der Waals surface area contributed by atoms with E-state index in [4.69, 9.17) is 16.0 Å². The highest BCUT2D eigenvalue weighted by atomic mass is 35.5. The van der Waals surface area contributed by atoms with E-state index in [0.29, 0.717) is 21.7 Å². The molecule has 0 unspecified atom stereocenters. The molecule has 1 N–H and O–H groups in total. The molecule has 3 aromatic rings. The third-order valence-corrected chi connectivity index (χ3v) is 4.04. The quantitative estimate of drug-likeness (QED) is 0.713. The van der Waals surface area contributed by atoms with E-state index in [9.17, 15) is 9.59 Å². The van der Waals surface area contributed by atoms with Crippen LogP contribution < -0.4 is 10.9 Å². The van der Waals surface area contributed by atoms with Crippen molar-refractivity contribution in [3.63, 3.8) is 0 Å². The Morgan fingerprint density at radius 2 is 1.87 bits per heavy atom. The predicted octanol–water partition coefficient (Wildman–Crippen LogP) is 4.32. The van der Waals surface area contributed by atoms with Crippen LogP contribution in [-0.2, 0) is 0 Å². The van der Waals surface area contributed by atoms with Gasteiger partial charge in [-0.05, 0) is 43.2 Å². The molecule has 5 heteroatoms. The Balaban J connectivity index is 1.99. The second-order valence-corrected chi connectivity index (χ2v) is 5.77. The van der Waals surface area contributed by atoms with E-state index in [1.165, 1.54) is 0 Å². The van der Waals surface area contributed by atoms with Crippen LogP contribution >= 0.6 is 11.6 Å². The summed E-state index contributed by atoms with van der Waals surface area (Å²) in [4.78, 5) is 24.4. The van der Waals surface area contributed by atoms with Gasteiger partial charge >= 0.3 is 5.63 Å². The minimum atomic E-state index is -0.664. The highest BCUT2D eigenvalue weighted by molar-refractivity contribution is 6.31. The van der Waals surface area contributed by atoms with Crippen LogP contribution in [0.25, 0.3) is 11.0 Å². The molecular weight excluding hydrogens is 314 g/mol. The highest BCUT2D eigenvalue weighted by Gasteiger charge is 2.15. The van der Waals surface area contributed by atoms with Gasteiger partial charge in [-0.2, -0.15) is 0 Å². The van der Waals surface area contributed by atoms with Gasteiger partial charge in [0.2, 0.25) is 0 Å². The monoisotopic (exact) mass is 327 g/mol. The van der Waals surface area contributed by atoms with Gasteiger partial charge in [-0.1, -0.05) is 35.9 Å². The van der Waals surface area contributed by atoms with Crippen molar-refractivity contribution in [1.29, 1.82) is 0 Å². The SMILES string of the molecule is Cc1ccc(NC(=O)c2cc3cccc(C)c3oc2=O)cc1Cl. The molecule has 0 saturated carbocycles.